The largest absolute Gasteiger partial charge is 0.301 e. The molecule has 0 bridgehead atoms. The minimum atomic E-state index is -0.140. The lowest BCUT2D eigenvalue weighted by molar-refractivity contribution is -0.115. The molecule has 3 heterocycles. The first-order valence-corrected chi connectivity index (χ1v) is 6.47. The second-order valence-electron chi connectivity index (χ2n) is 3.87. The van der Waals surface area contributed by atoms with Gasteiger partial charge in [-0.15, -0.1) is 0 Å². The number of hydrogen-bond acceptors (Lipinski definition) is 5. The average molecular weight is 270 g/mol. The minimum Gasteiger partial charge on any atom is -0.301 e. The molecule has 1 amide bonds. The topological polar surface area (TPSA) is 67.2 Å². The highest BCUT2D eigenvalue weighted by Crippen LogP contribution is 2.25. The third kappa shape index (κ3) is 2.34. The highest BCUT2D eigenvalue weighted by atomic mass is 32.2. The van der Waals surface area contributed by atoms with Gasteiger partial charge in [-0.2, -0.15) is 0 Å². The van der Waals surface area contributed by atoms with E-state index < -0.39 is 0 Å². The third-order valence-electron chi connectivity index (χ3n) is 2.61. The number of carbonyl (C=O) groups excluding carboxylic acids is 1. The number of carbonyl (C=O) groups is 1. The Balaban J connectivity index is 1.99. The minimum absolute atomic E-state index is 0.140. The molecule has 3 rings (SSSR count). The van der Waals surface area contributed by atoms with Crippen LogP contribution >= 0.6 is 11.8 Å². The summed E-state index contributed by atoms with van der Waals surface area (Å²) in [6, 6.07) is 7.47. The molecular weight excluding hydrogens is 260 g/mol. The fourth-order valence-corrected chi connectivity index (χ4v) is 2.49. The van der Waals surface area contributed by atoms with Gasteiger partial charge in [0.25, 0.3) is 5.91 Å². The van der Waals surface area contributed by atoms with E-state index in [4.69, 9.17) is 0 Å². The van der Waals surface area contributed by atoms with E-state index in [1.807, 2.05) is 24.3 Å². The van der Waals surface area contributed by atoms with Crippen molar-refractivity contribution < 1.29 is 4.79 Å². The van der Waals surface area contributed by atoms with Crippen LogP contribution in [0.25, 0.3) is 17.1 Å². The van der Waals surface area contributed by atoms with E-state index in [2.05, 4.69) is 20.3 Å². The number of amides is 1. The second-order valence-corrected chi connectivity index (χ2v) is 4.90. The van der Waals surface area contributed by atoms with E-state index in [-0.39, 0.29) is 5.91 Å². The number of nitrogens with zero attached hydrogens (tertiary/aromatic N) is 3. The fraction of sp³-hybridized carbons (Fsp3) is 0.0769. The van der Waals surface area contributed by atoms with Gasteiger partial charge in [0, 0.05) is 13.2 Å². The van der Waals surface area contributed by atoms with Crippen LogP contribution in [0.5, 0.6) is 0 Å². The number of pyridine rings is 2. The van der Waals surface area contributed by atoms with E-state index >= 15 is 0 Å². The van der Waals surface area contributed by atoms with Crippen molar-refractivity contribution in [1.82, 2.24) is 15.3 Å². The maximum atomic E-state index is 11.7. The molecule has 1 aliphatic heterocycles. The highest BCUT2D eigenvalue weighted by molar-refractivity contribution is 8.18. The van der Waals surface area contributed by atoms with Gasteiger partial charge in [-0.05, 0) is 42.1 Å². The normalized spacial score (nSPS) is 19.3. The predicted molar refractivity (Wildman–Crippen MR) is 76.6 cm³/mol. The molecule has 6 heteroatoms. The summed E-state index contributed by atoms with van der Waals surface area (Å²) in [6.45, 7) is 0. The molecule has 0 aromatic carbocycles. The molecule has 0 unspecified atom stereocenters. The van der Waals surface area contributed by atoms with Crippen LogP contribution in [0.1, 0.15) is 5.69 Å². The lowest BCUT2D eigenvalue weighted by Crippen LogP contribution is -2.19. The number of aliphatic imine (C=N–C) groups is 1. The average Bonchev–Trinajstić information content (AvgIpc) is 2.79. The second kappa shape index (κ2) is 4.81. The van der Waals surface area contributed by atoms with Gasteiger partial charge in [0.1, 0.15) is 0 Å². The van der Waals surface area contributed by atoms with Crippen LogP contribution in [-0.2, 0) is 4.79 Å². The smallest absolute Gasteiger partial charge is 0.264 e. The summed E-state index contributed by atoms with van der Waals surface area (Å²) in [4.78, 5) is 24.9. The fourth-order valence-electron chi connectivity index (χ4n) is 1.72. The van der Waals surface area contributed by atoms with Crippen molar-refractivity contribution in [2.24, 2.45) is 4.99 Å². The summed E-state index contributed by atoms with van der Waals surface area (Å²) in [6.07, 6.45) is 3.48. The Bertz CT molecular complexity index is 723. The molecule has 1 aliphatic rings. The summed E-state index contributed by atoms with van der Waals surface area (Å²) in [5.41, 5.74) is 2.38. The first-order chi connectivity index (χ1) is 9.26. The lowest BCUT2D eigenvalue weighted by Gasteiger charge is -1.98. The molecule has 1 N–H and O–H groups in total. The van der Waals surface area contributed by atoms with Crippen molar-refractivity contribution in [3.05, 3.63) is 41.1 Å². The van der Waals surface area contributed by atoms with Crippen LogP contribution in [0.2, 0.25) is 0 Å². The standard InChI is InChI=1S/C13H10N4OS/c1-14-13-17-12(18)11(19-13)7-8-4-5-9-10(16-8)3-2-6-15-9/h2-7H,1H3,(H,14,17,18)/b11-7-. The van der Waals surface area contributed by atoms with E-state index in [0.29, 0.717) is 10.1 Å². The molecular formula is C13H10N4OS. The van der Waals surface area contributed by atoms with E-state index in [0.717, 1.165) is 16.7 Å². The molecule has 0 atom stereocenters. The zero-order valence-electron chi connectivity index (χ0n) is 10.1. The number of thioether (sulfide) groups is 1. The predicted octanol–water partition coefficient (Wildman–Crippen LogP) is 1.82. The van der Waals surface area contributed by atoms with Gasteiger partial charge in [0.15, 0.2) is 5.17 Å². The van der Waals surface area contributed by atoms with Crippen molar-refractivity contribution in [3.63, 3.8) is 0 Å². The van der Waals surface area contributed by atoms with Gasteiger partial charge < -0.3 is 5.32 Å². The molecule has 19 heavy (non-hydrogen) atoms. The third-order valence-corrected chi connectivity index (χ3v) is 3.61. The Morgan fingerprint density at radius 1 is 1.32 bits per heavy atom. The molecule has 0 aliphatic carbocycles. The van der Waals surface area contributed by atoms with Crippen molar-refractivity contribution in [1.29, 1.82) is 0 Å². The molecule has 1 saturated heterocycles. The quantitative estimate of drug-likeness (QED) is 0.803. The van der Waals surface area contributed by atoms with Crippen molar-refractivity contribution in [2.45, 2.75) is 0 Å². The molecule has 0 radical (unpaired) electrons. The zero-order valence-corrected chi connectivity index (χ0v) is 10.9. The highest BCUT2D eigenvalue weighted by Gasteiger charge is 2.23. The van der Waals surface area contributed by atoms with E-state index in [1.165, 1.54) is 11.8 Å². The molecule has 2 aromatic heterocycles. The molecule has 0 spiro atoms. The molecule has 0 saturated carbocycles. The number of nitrogens with one attached hydrogen (secondary N) is 1. The summed E-state index contributed by atoms with van der Waals surface area (Å²) in [5, 5.41) is 3.29. The van der Waals surface area contributed by atoms with Crippen LogP contribution in [0, 0.1) is 0 Å². The Labute approximate surface area is 113 Å². The summed E-state index contributed by atoms with van der Waals surface area (Å²) < 4.78 is 0. The van der Waals surface area contributed by atoms with E-state index in [9.17, 15) is 4.79 Å². The number of hydrogen-bond donors (Lipinski definition) is 1. The first-order valence-electron chi connectivity index (χ1n) is 5.66. The SMILES string of the molecule is CN=C1NC(=O)/C(=C/c2ccc3ncccc3n2)S1. The number of rotatable bonds is 1. The van der Waals surface area contributed by atoms with Gasteiger partial charge in [-0.3, -0.25) is 14.8 Å². The molecule has 1 fully saturated rings. The number of amidine groups is 1. The molecule has 94 valence electrons. The first kappa shape index (κ1) is 11.9. The Morgan fingerprint density at radius 2 is 2.21 bits per heavy atom. The van der Waals surface area contributed by atoms with Gasteiger partial charge in [-0.25, -0.2) is 4.98 Å². The summed E-state index contributed by atoms with van der Waals surface area (Å²) in [7, 11) is 1.64. The number of fused-ring (bicyclic) bond motifs is 1. The van der Waals surface area contributed by atoms with Crippen molar-refractivity contribution >= 4 is 39.9 Å². The van der Waals surface area contributed by atoms with Crippen LogP contribution in [0.15, 0.2) is 40.4 Å². The van der Waals surface area contributed by atoms with Crippen LogP contribution < -0.4 is 5.32 Å². The van der Waals surface area contributed by atoms with Gasteiger partial charge in [-0.1, -0.05) is 0 Å². The summed E-state index contributed by atoms with van der Waals surface area (Å²) >= 11 is 1.31. The molecule has 5 nitrogen and oxygen atoms in total. The van der Waals surface area contributed by atoms with Gasteiger partial charge in [0.05, 0.1) is 21.6 Å². The van der Waals surface area contributed by atoms with Gasteiger partial charge >= 0.3 is 0 Å². The zero-order chi connectivity index (χ0) is 13.2. The Hall–Kier alpha value is -2.21. The van der Waals surface area contributed by atoms with Gasteiger partial charge in [0.2, 0.25) is 0 Å². The van der Waals surface area contributed by atoms with Crippen LogP contribution in [-0.4, -0.2) is 28.1 Å². The van der Waals surface area contributed by atoms with Crippen molar-refractivity contribution in [2.75, 3.05) is 7.05 Å². The van der Waals surface area contributed by atoms with E-state index in [1.54, 1.807) is 19.3 Å². The monoisotopic (exact) mass is 270 g/mol. The number of aromatic nitrogens is 2. The Morgan fingerprint density at radius 3 is 3.00 bits per heavy atom. The lowest BCUT2D eigenvalue weighted by atomic mass is 10.2. The molecule has 2 aromatic rings. The Kier molecular flexibility index (Phi) is 3.00. The van der Waals surface area contributed by atoms with Crippen LogP contribution in [0.4, 0.5) is 0 Å². The maximum absolute atomic E-state index is 11.7. The maximum Gasteiger partial charge on any atom is 0.264 e. The van der Waals surface area contributed by atoms with Crippen LogP contribution in [0.3, 0.4) is 0 Å². The van der Waals surface area contributed by atoms with Crippen molar-refractivity contribution in [3.8, 4) is 0 Å². The summed E-state index contributed by atoms with van der Waals surface area (Å²) in [5.74, 6) is -0.140.